The van der Waals surface area contributed by atoms with Gasteiger partial charge in [-0.1, -0.05) is 29.3 Å². The largest absolute Gasteiger partial charge is 0.454 e. The first kappa shape index (κ1) is 17.4. The molecule has 1 aromatic heterocycles. The number of halogens is 2. The molecule has 23 heavy (non-hydrogen) atoms. The van der Waals surface area contributed by atoms with Crippen LogP contribution in [0, 0.1) is 6.92 Å². The number of amides is 1. The molecule has 1 atom stereocenters. The Morgan fingerprint density at radius 2 is 1.96 bits per heavy atom. The van der Waals surface area contributed by atoms with Gasteiger partial charge in [0, 0.05) is 0 Å². The van der Waals surface area contributed by atoms with Crippen LogP contribution in [0.15, 0.2) is 34.7 Å². The molecule has 0 fully saturated rings. The summed E-state index contributed by atoms with van der Waals surface area (Å²) in [6.07, 6.45) is 0. The maximum Gasteiger partial charge on any atom is 0.374 e. The third-order valence-electron chi connectivity index (χ3n) is 3.10. The van der Waals surface area contributed by atoms with Crippen molar-refractivity contribution in [1.29, 1.82) is 0 Å². The maximum absolute atomic E-state index is 11.8. The molecule has 1 amide bonds. The van der Waals surface area contributed by atoms with Crippen molar-refractivity contribution in [1.82, 2.24) is 5.32 Å². The van der Waals surface area contributed by atoms with Crippen LogP contribution in [0.3, 0.4) is 0 Å². The molecule has 2 rings (SSSR count). The summed E-state index contributed by atoms with van der Waals surface area (Å²) in [5.41, 5.74) is 0.792. The summed E-state index contributed by atoms with van der Waals surface area (Å²) in [6, 6.07) is 7.92. The maximum atomic E-state index is 11.8. The van der Waals surface area contributed by atoms with Crippen LogP contribution in [0.4, 0.5) is 0 Å². The minimum Gasteiger partial charge on any atom is -0.454 e. The fraction of sp³-hybridized carbons (Fsp3) is 0.250. The number of nitrogens with one attached hydrogen (secondary N) is 1. The number of carbonyl (C=O) groups is 2. The quantitative estimate of drug-likeness (QED) is 0.825. The van der Waals surface area contributed by atoms with Crippen LogP contribution in [0.5, 0.6) is 0 Å². The third-order valence-corrected chi connectivity index (χ3v) is 3.84. The molecule has 0 bridgehead atoms. The molecule has 0 saturated heterocycles. The van der Waals surface area contributed by atoms with Crippen LogP contribution in [0.1, 0.15) is 34.8 Å². The molecule has 0 aliphatic rings. The van der Waals surface area contributed by atoms with Crippen molar-refractivity contribution in [2.45, 2.75) is 19.9 Å². The first-order valence-corrected chi connectivity index (χ1v) is 7.60. The van der Waals surface area contributed by atoms with Crippen molar-refractivity contribution >= 4 is 35.1 Å². The Balaban J connectivity index is 1.86. The third kappa shape index (κ3) is 4.74. The normalized spacial score (nSPS) is 11.8. The fourth-order valence-electron chi connectivity index (χ4n) is 1.89. The lowest BCUT2D eigenvalue weighted by Gasteiger charge is -2.15. The first-order valence-electron chi connectivity index (χ1n) is 6.84. The monoisotopic (exact) mass is 355 g/mol. The van der Waals surface area contributed by atoms with E-state index in [9.17, 15) is 9.59 Å². The van der Waals surface area contributed by atoms with Crippen molar-refractivity contribution in [3.8, 4) is 0 Å². The summed E-state index contributed by atoms with van der Waals surface area (Å²) in [4.78, 5) is 23.5. The van der Waals surface area contributed by atoms with Crippen LogP contribution in [-0.2, 0) is 9.53 Å². The van der Waals surface area contributed by atoms with E-state index in [-0.39, 0.29) is 11.8 Å². The van der Waals surface area contributed by atoms with Gasteiger partial charge in [0.05, 0.1) is 16.1 Å². The van der Waals surface area contributed by atoms with Crippen molar-refractivity contribution in [3.05, 3.63) is 57.5 Å². The Bertz CT molecular complexity index is 727. The second-order valence-corrected chi connectivity index (χ2v) is 5.76. The molecule has 0 unspecified atom stereocenters. The topological polar surface area (TPSA) is 68.5 Å². The standard InChI is InChI=1S/C16H15Cl2NO4/c1-9-3-6-14(23-9)16(21)22-8-15(20)19-10(2)11-4-5-12(17)13(18)7-11/h3-7,10H,8H2,1-2H3,(H,19,20)/t10-/m1/s1. The number of benzene rings is 1. The summed E-state index contributed by atoms with van der Waals surface area (Å²) < 4.78 is 10.0. The zero-order chi connectivity index (χ0) is 17.0. The van der Waals surface area contributed by atoms with Gasteiger partial charge in [-0.2, -0.15) is 0 Å². The Morgan fingerprint density at radius 1 is 1.22 bits per heavy atom. The van der Waals surface area contributed by atoms with Gasteiger partial charge in [0.2, 0.25) is 5.76 Å². The van der Waals surface area contributed by atoms with Crippen LogP contribution in [-0.4, -0.2) is 18.5 Å². The van der Waals surface area contributed by atoms with Gasteiger partial charge in [-0.3, -0.25) is 4.79 Å². The zero-order valence-corrected chi connectivity index (χ0v) is 14.1. The lowest BCUT2D eigenvalue weighted by molar-refractivity contribution is -0.124. The number of hydrogen-bond acceptors (Lipinski definition) is 4. The molecular formula is C16H15Cl2NO4. The van der Waals surface area contributed by atoms with Crippen molar-refractivity contribution in [3.63, 3.8) is 0 Å². The van der Waals surface area contributed by atoms with Crippen LogP contribution in [0.25, 0.3) is 0 Å². The molecular weight excluding hydrogens is 341 g/mol. The van der Waals surface area contributed by atoms with E-state index in [4.69, 9.17) is 32.4 Å². The fourth-order valence-corrected chi connectivity index (χ4v) is 2.20. The molecule has 0 saturated carbocycles. The van der Waals surface area contributed by atoms with Gasteiger partial charge in [-0.25, -0.2) is 4.79 Å². The van der Waals surface area contributed by atoms with Gasteiger partial charge in [0.25, 0.3) is 5.91 Å². The predicted octanol–water partition coefficient (Wildman–Crippen LogP) is 3.93. The lowest BCUT2D eigenvalue weighted by atomic mass is 10.1. The number of hydrogen-bond donors (Lipinski definition) is 1. The van der Waals surface area contributed by atoms with Crippen LogP contribution >= 0.6 is 23.2 Å². The van der Waals surface area contributed by atoms with Crippen LogP contribution in [0.2, 0.25) is 10.0 Å². The highest BCUT2D eigenvalue weighted by Gasteiger charge is 2.15. The number of ether oxygens (including phenoxy) is 1. The molecule has 1 aromatic carbocycles. The summed E-state index contributed by atoms with van der Waals surface area (Å²) in [5, 5.41) is 3.55. The van der Waals surface area contributed by atoms with Crippen molar-refractivity contribution < 1.29 is 18.7 Å². The molecule has 7 heteroatoms. The molecule has 0 aliphatic carbocycles. The number of aryl methyl sites for hydroxylation is 1. The van der Waals surface area contributed by atoms with E-state index in [2.05, 4.69) is 5.32 Å². The highest BCUT2D eigenvalue weighted by atomic mass is 35.5. The molecule has 2 aromatic rings. The molecule has 0 aliphatic heterocycles. The summed E-state index contributed by atoms with van der Waals surface area (Å²) in [5.74, 6) is -0.460. The Labute approximate surface area is 143 Å². The van der Waals surface area contributed by atoms with Gasteiger partial charge < -0.3 is 14.5 Å². The Hall–Kier alpha value is -1.98. The SMILES string of the molecule is Cc1ccc(C(=O)OCC(=O)N[C@H](C)c2ccc(Cl)c(Cl)c2)o1. The highest BCUT2D eigenvalue weighted by Crippen LogP contribution is 2.25. The number of rotatable bonds is 5. The van der Waals surface area contributed by atoms with Crippen molar-refractivity contribution in [2.75, 3.05) is 6.61 Å². The molecule has 5 nitrogen and oxygen atoms in total. The second kappa shape index (κ2) is 7.53. The summed E-state index contributed by atoms with van der Waals surface area (Å²) in [6.45, 7) is 3.10. The molecule has 1 N–H and O–H groups in total. The number of carbonyl (C=O) groups excluding carboxylic acids is 2. The lowest BCUT2D eigenvalue weighted by Crippen LogP contribution is -2.31. The van der Waals surface area contributed by atoms with Gasteiger partial charge in [0.15, 0.2) is 6.61 Å². The van der Waals surface area contributed by atoms with E-state index in [0.29, 0.717) is 15.8 Å². The first-order chi connectivity index (χ1) is 10.9. The van der Waals surface area contributed by atoms with E-state index in [0.717, 1.165) is 5.56 Å². The summed E-state index contributed by atoms with van der Waals surface area (Å²) >= 11 is 11.8. The predicted molar refractivity (Wildman–Crippen MR) is 86.7 cm³/mol. The van der Waals surface area contributed by atoms with E-state index in [1.165, 1.54) is 6.07 Å². The van der Waals surface area contributed by atoms with Crippen LogP contribution < -0.4 is 5.32 Å². The molecule has 1 heterocycles. The van der Waals surface area contributed by atoms with E-state index in [1.807, 2.05) is 0 Å². The molecule has 0 spiro atoms. The number of esters is 1. The van der Waals surface area contributed by atoms with Gasteiger partial charge in [-0.05, 0) is 43.7 Å². The molecule has 0 radical (unpaired) electrons. The minimum atomic E-state index is -0.685. The van der Waals surface area contributed by atoms with E-state index in [1.54, 1.807) is 38.1 Å². The number of furan rings is 1. The molecule has 122 valence electrons. The van der Waals surface area contributed by atoms with Gasteiger partial charge in [-0.15, -0.1) is 0 Å². The smallest absolute Gasteiger partial charge is 0.374 e. The van der Waals surface area contributed by atoms with Gasteiger partial charge in [0.1, 0.15) is 5.76 Å². The second-order valence-electron chi connectivity index (χ2n) is 4.95. The van der Waals surface area contributed by atoms with E-state index < -0.39 is 18.5 Å². The highest BCUT2D eigenvalue weighted by molar-refractivity contribution is 6.42. The zero-order valence-electron chi connectivity index (χ0n) is 12.6. The Morgan fingerprint density at radius 3 is 2.57 bits per heavy atom. The van der Waals surface area contributed by atoms with Crippen molar-refractivity contribution in [2.24, 2.45) is 0 Å². The minimum absolute atomic E-state index is 0.0628. The summed E-state index contributed by atoms with van der Waals surface area (Å²) in [7, 11) is 0. The average molecular weight is 356 g/mol. The average Bonchev–Trinajstić information content (AvgIpc) is 2.94. The van der Waals surface area contributed by atoms with E-state index >= 15 is 0 Å². The van der Waals surface area contributed by atoms with Gasteiger partial charge >= 0.3 is 5.97 Å². The Kier molecular flexibility index (Phi) is 5.69.